The Morgan fingerprint density at radius 2 is 2.17 bits per heavy atom. The summed E-state index contributed by atoms with van der Waals surface area (Å²) in [5.74, 6) is 0.933. The van der Waals surface area contributed by atoms with Gasteiger partial charge in [-0.1, -0.05) is 11.2 Å². The molecule has 0 aromatic carbocycles. The van der Waals surface area contributed by atoms with Crippen LogP contribution in [-0.2, 0) is 7.05 Å². The topological polar surface area (TPSA) is 94.1 Å². The van der Waals surface area contributed by atoms with E-state index < -0.39 is 0 Å². The van der Waals surface area contributed by atoms with Crippen LogP contribution in [0.3, 0.4) is 0 Å². The van der Waals surface area contributed by atoms with Crippen molar-refractivity contribution in [2.45, 2.75) is 5.92 Å². The van der Waals surface area contributed by atoms with Crippen LogP contribution in [0.15, 0.2) is 39.0 Å². The fourth-order valence-corrected chi connectivity index (χ4v) is 3.14. The second-order valence-electron chi connectivity index (χ2n) is 5.52. The first-order valence-corrected chi connectivity index (χ1v) is 8.21. The number of thiophene rings is 1. The Morgan fingerprint density at radius 3 is 2.88 bits per heavy atom. The Bertz CT molecular complexity index is 940. The SMILES string of the molecule is Cn1nc(C(=O)N2CC(c3nc(-c4cccs4)no3)C2)ccc1=O. The van der Waals surface area contributed by atoms with E-state index >= 15 is 0 Å². The minimum absolute atomic E-state index is 0.0303. The molecule has 24 heavy (non-hydrogen) atoms. The third-order valence-electron chi connectivity index (χ3n) is 3.88. The van der Waals surface area contributed by atoms with Gasteiger partial charge in [0.2, 0.25) is 11.7 Å². The van der Waals surface area contributed by atoms with Gasteiger partial charge in [0.25, 0.3) is 11.5 Å². The molecule has 1 aliphatic rings. The van der Waals surface area contributed by atoms with E-state index in [4.69, 9.17) is 4.52 Å². The first kappa shape index (κ1) is 14.8. The van der Waals surface area contributed by atoms with E-state index in [1.165, 1.54) is 19.2 Å². The molecule has 1 saturated heterocycles. The predicted molar refractivity (Wildman–Crippen MR) is 85.7 cm³/mol. The molecule has 1 amide bonds. The van der Waals surface area contributed by atoms with Crippen LogP contribution >= 0.6 is 11.3 Å². The Hall–Kier alpha value is -2.81. The van der Waals surface area contributed by atoms with Gasteiger partial charge in [0.15, 0.2) is 0 Å². The van der Waals surface area contributed by atoms with Crippen molar-refractivity contribution in [2.75, 3.05) is 13.1 Å². The smallest absolute Gasteiger partial charge is 0.274 e. The summed E-state index contributed by atoms with van der Waals surface area (Å²) in [4.78, 5) is 30.7. The van der Waals surface area contributed by atoms with Gasteiger partial charge in [0, 0.05) is 26.2 Å². The maximum absolute atomic E-state index is 12.3. The van der Waals surface area contributed by atoms with E-state index in [1.54, 1.807) is 16.2 Å². The Kier molecular flexibility index (Phi) is 3.49. The molecule has 0 N–H and O–H groups in total. The highest BCUT2D eigenvalue weighted by molar-refractivity contribution is 7.13. The van der Waals surface area contributed by atoms with Crippen molar-refractivity contribution < 1.29 is 9.32 Å². The summed E-state index contributed by atoms with van der Waals surface area (Å²) in [5, 5.41) is 9.91. The highest BCUT2D eigenvalue weighted by Crippen LogP contribution is 2.29. The molecule has 4 rings (SSSR count). The standard InChI is InChI=1S/C15H13N5O3S/c1-19-12(21)5-4-10(17-19)15(22)20-7-9(8-20)14-16-13(18-23-14)11-3-2-6-24-11/h2-6,9H,7-8H2,1H3. The summed E-state index contributed by atoms with van der Waals surface area (Å²) < 4.78 is 6.46. The molecule has 0 radical (unpaired) electrons. The van der Waals surface area contributed by atoms with Gasteiger partial charge in [-0.3, -0.25) is 9.59 Å². The highest BCUT2D eigenvalue weighted by Gasteiger charge is 2.36. The number of likely N-dealkylation sites (tertiary alicyclic amines) is 1. The molecular weight excluding hydrogens is 330 g/mol. The van der Waals surface area contributed by atoms with Crippen molar-refractivity contribution in [2.24, 2.45) is 7.05 Å². The van der Waals surface area contributed by atoms with E-state index in [0.29, 0.717) is 24.8 Å². The maximum Gasteiger partial charge on any atom is 0.274 e. The van der Waals surface area contributed by atoms with Crippen LogP contribution in [-0.4, -0.2) is 43.8 Å². The van der Waals surface area contributed by atoms with Crippen molar-refractivity contribution in [1.29, 1.82) is 0 Å². The summed E-state index contributed by atoms with van der Waals surface area (Å²) in [6, 6.07) is 6.64. The molecule has 0 atom stereocenters. The van der Waals surface area contributed by atoms with Crippen molar-refractivity contribution in [3.05, 3.63) is 51.6 Å². The average Bonchev–Trinajstić information content (AvgIpc) is 3.19. The number of nitrogens with zero attached hydrogens (tertiary/aromatic N) is 5. The van der Waals surface area contributed by atoms with E-state index in [2.05, 4.69) is 15.2 Å². The number of hydrogen-bond acceptors (Lipinski definition) is 7. The minimum Gasteiger partial charge on any atom is -0.339 e. The third kappa shape index (κ3) is 2.52. The van der Waals surface area contributed by atoms with Gasteiger partial charge in [0.1, 0.15) is 5.69 Å². The van der Waals surface area contributed by atoms with E-state index in [0.717, 1.165) is 9.56 Å². The van der Waals surface area contributed by atoms with Crippen LogP contribution in [0.1, 0.15) is 22.3 Å². The molecule has 3 aromatic heterocycles. The largest absolute Gasteiger partial charge is 0.339 e. The number of rotatable bonds is 3. The summed E-state index contributed by atoms with van der Waals surface area (Å²) in [6.45, 7) is 0.991. The van der Waals surface area contributed by atoms with Gasteiger partial charge in [-0.2, -0.15) is 10.1 Å². The monoisotopic (exact) mass is 343 g/mol. The normalized spacial score (nSPS) is 14.6. The van der Waals surface area contributed by atoms with Gasteiger partial charge >= 0.3 is 0 Å². The Balaban J connectivity index is 1.43. The van der Waals surface area contributed by atoms with Gasteiger partial charge in [0.05, 0.1) is 10.8 Å². The molecule has 3 aromatic rings. The lowest BCUT2D eigenvalue weighted by molar-refractivity contribution is 0.0560. The van der Waals surface area contributed by atoms with E-state index in [1.807, 2.05) is 17.5 Å². The van der Waals surface area contributed by atoms with Crippen molar-refractivity contribution in [3.8, 4) is 10.7 Å². The molecular formula is C15H13N5O3S. The van der Waals surface area contributed by atoms with Gasteiger partial charge < -0.3 is 9.42 Å². The molecule has 4 heterocycles. The van der Waals surface area contributed by atoms with E-state index in [-0.39, 0.29) is 23.1 Å². The van der Waals surface area contributed by atoms with Crippen LogP contribution < -0.4 is 5.56 Å². The summed E-state index contributed by atoms with van der Waals surface area (Å²) in [7, 11) is 1.52. The van der Waals surface area contributed by atoms with Crippen LogP contribution in [0.5, 0.6) is 0 Å². The highest BCUT2D eigenvalue weighted by atomic mass is 32.1. The number of aromatic nitrogens is 4. The van der Waals surface area contributed by atoms with Gasteiger partial charge in [-0.25, -0.2) is 4.68 Å². The molecule has 8 nitrogen and oxygen atoms in total. The number of carbonyl (C=O) groups excluding carboxylic acids is 1. The lowest BCUT2D eigenvalue weighted by Gasteiger charge is -2.36. The average molecular weight is 343 g/mol. The predicted octanol–water partition coefficient (Wildman–Crippen LogP) is 1.13. The fraction of sp³-hybridized carbons (Fsp3) is 0.267. The zero-order valence-corrected chi connectivity index (χ0v) is 13.6. The summed E-state index contributed by atoms with van der Waals surface area (Å²) in [6.07, 6.45) is 0. The summed E-state index contributed by atoms with van der Waals surface area (Å²) >= 11 is 1.55. The second kappa shape index (κ2) is 5.68. The third-order valence-corrected chi connectivity index (χ3v) is 4.75. The van der Waals surface area contributed by atoms with Crippen molar-refractivity contribution in [3.63, 3.8) is 0 Å². The molecule has 0 saturated carbocycles. The van der Waals surface area contributed by atoms with Crippen LogP contribution in [0.25, 0.3) is 10.7 Å². The van der Waals surface area contributed by atoms with Crippen molar-refractivity contribution >= 4 is 17.2 Å². The number of carbonyl (C=O) groups is 1. The van der Waals surface area contributed by atoms with Gasteiger partial charge in [-0.05, 0) is 17.5 Å². The number of aryl methyl sites for hydroxylation is 1. The van der Waals surface area contributed by atoms with Crippen LogP contribution in [0.4, 0.5) is 0 Å². The zero-order valence-electron chi connectivity index (χ0n) is 12.7. The minimum atomic E-state index is -0.250. The molecule has 0 aliphatic carbocycles. The summed E-state index contributed by atoms with van der Waals surface area (Å²) in [5.41, 5.74) is 0.000330. The molecule has 0 spiro atoms. The van der Waals surface area contributed by atoms with Crippen LogP contribution in [0.2, 0.25) is 0 Å². The second-order valence-corrected chi connectivity index (χ2v) is 6.47. The van der Waals surface area contributed by atoms with Gasteiger partial charge in [-0.15, -0.1) is 11.3 Å². The Morgan fingerprint density at radius 1 is 1.33 bits per heavy atom. The lowest BCUT2D eigenvalue weighted by atomic mass is 9.99. The quantitative estimate of drug-likeness (QED) is 0.708. The molecule has 0 bridgehead atoms. The van der Waals surface area contributed by atoms with Crippen molar-refractivity contribution in [1.82, 2.24) is 24.8 Å². The first-order chi connectivity index (χ1) is 11.6. The molecule has 9 heteroatoms. The zero-order chi connectivity index (χ0) is 16.7. The Labute approximate surface area is 140 Å². The van der Waals surface area contributed by atoms with Crippen LogP contribution in [0, 0.1) is 0 Å². The maximum atomic E-state index is 12.3. The van der Waals surface area contributed by atoms with E-state index in [9.17, 15) is 9.59 Å². The number of hydrogen-bond donors (Lipinski definition) is 0. The molecule has 1 fully saturated rings. The molecule has 0 unspecified atom stereocenters. The molecule has 122 valence electrons. The number of amides is 1. The fourth-order valence-electron chi connectivity index (χ4n) is 2.49. The first-order valence-electron chi connectivity index (χ1n) is 7.33. The molecule has 1 aliphatic heterocycles. The lowest BCUT2D eigenvalue weighted by Crippen LogP contribution is -2.49.